The zero-order valence-corrected chi connectivity index (χ0v) is 11.6. The van der Waals surface area contributed by atoms with Gasteiger partial charge in [-0.05, 0) is 18.9 Å². The van der Waals surface area contributed by atoms with Crippen LogP contribution in [0.25, 0.3) is 0 Å². The molecular weight excluding hydrogens is 275 g/mol. The number of hydrogen-bond acceptors (Lipinski definition) is 4. The molecule has 0 spiro atoms. The summed E-state index contributed by atoms with van der Waals surface area (Å²) in [6.45, 7) is 5.36. The van der Waals surface area contributed by atoms with Gasteiger partial charge in [0.25, 0.3) is 0 Å². The summed E-state index contributed by atoms with van der Waals surface area (Å²) in [7, 11) is -3.88. The molecule has 8 heteroatoms. The molecule has 1 rings (SSSR count). The van der Waals surface area contributed by atoms with Gasteiger partial charge in [-0.25, -0.2) is 13.1 Å². The molecular formula is C11H15FN2O4S. The molecule has 0 aliphatic rings. The molecule has 0 saturated heterocycles. The van der Waals surface area contributed by atoms with Gasteiger partial charge in [0, 0.05) is 18.2 Å². The molecule has 106 valence electrons. The van der Waals surface area contributed by atoms with E-state index in [1.54, 1.807) is 6.92 Å². The van der Waals surface area contributed by atoms with Crippen LogP contribution in [0.2, 0.25) is 0 Å². The molecule has 0 radical (unpaired) electrons. The molecule has 0 bridgehead atoms. The van der Waals surface area contributed by atoms with E-state index in [4.69, 9.17) is 0 Å². The number of nitrogens with zero attached hydrogens (tertiary/aromatic N) is 1. The van der Waals surface area contributed by atoms with Crippen molar-refractivity contribution in [3.8, 4) is 0 Å². The maximum atomic E-state index is 13.4. The fourth-order valence-corrected chi connectivity index (χ4v) is 2.66. The summed E-state index contributed by atoms with van der Waals surface area (Å²) >= 11 is 0. The summed E-state index contributed by atoms with van der Waals surface area (Å²) in [5, 5.41) is 10.5. The second-order valence-electron chi connectivity index (χ2n) is 4.52. The van der Waals surface area contributed by atoms with E-state index >= 15 is 0 Å². The van der Waals surface area contributed by atoms with Crippen LogP contribution in [-0.2, 0) is 10.0 Å². The number of nitro benzene ring substituents is 1. The van der Waals surface area contributed by atoms with E-state index < -0.39 is 26.5 Å². The molecule has 1 unspecified atom stereocenters. The summed E-state index contributed by atoms with van der Waals surface area (Å²) in [4.78, 5) is 9.21. The lowest BCUT2D eigenvalue weighted by Gasteiger charge is -2.17. The Labute approximate surface area is 110 Å². The molecule has 0 aromatic heterocycles. The largest absolute Gasteiger partial charge is 0.304 e. The molecule has 19 heavy (non-hydrogen) atoms. The topological polar surface area (TPSA) is 89.3 Å². The van der Waals surface area contributed by atoms with Crippen molar-refractivity contribution in [1.82, 2.24) is 4.72 Å². The molecule has 0 aliphatic heterocycles. The molecule has 1 atom stereocenters. The van der Waals surface area contributed by atoms with E-state index in [-0.39, 0.29) is 16.9 Å². The van der Waals surface area contributed by atoms with E-state index in [1.807, 2.05) is 13.8 Å². The minimum Gasteiger partial charge on any atom is -0.258 e. The van der Waals surface area contributed by atoms with E-state index in [0.29, 0.717) is 6.07 Å². The number of sulfonamides is 1. The van der Waals surface area contributed by atoms with Gasteiger partial charge in [-0.1, -0.05) is 13.8 Å². The van der Waals surface area contributed by atoms with Crippen molar-refractivity contribution < 1.29 is 17.7 Å². The van der Waals surface area contributed by atoms with Gasteiger partial charge in [0.05, 0.1) is 9.82 Å². The third-order valence-electron chi connectivity index (χ3n) is 2.77. The molecule has 1 aromatic rings. The Bertz CT molecular complexity index is 586. The first-order valence-corrected chi connectivity index (χ1v) is 7.09. The fraction of sp³-hybridized carbons (Fsp3) is 0.455. The smallest absolute Gasteiger partial charge is 0.258 e. The maximum Gasteiger partial charge on any atom is 0.304 e. The normalized spacial score (nSPS) is 13.5. The van der Waals surface area contributed by atoms with Crippen molar-refractivity contribution in [1.29, 1.82) is 0 Å². The van der Waals surface area contributed by atoms with Gasteiger partial charge < -0.3 is 0 Å². The average molecular weight is 290 g/mol. The highest BCUT2D eigenvalue weighted by Gasteiger charge is 2.22. The highest BCUT2D eigenvalue weighted by molar-refractivity contribution is 7.89. The van der Waals surface area contributed by atoms with E-state index in [1.165, 1.54) is 0 Å². The lowest BCUT2D eigenvalue weighted by Crippen LogP contribution is -2.36. The van der Waals surface area contributed by atoms with Gasteiger partial charge in [0.1, 0.15) is 0 Å². The van der Waals surface area contributed by atoms with Crippen molar-refractivity contribution in [2.24, 2.45) is 5.92 Å². The van der Waals surface area contributed by atoms with Gasteiger partial charge in [0.15, 0.2) is 0 Å². The number of nitrogens with one attached hydrogen (secondary N) is 1. The van der Waals surface area contributed by atoms with Crippen molar-refractivity contribution >= 4 is 15.7 Å². The zero-order valence-electron chi connectivity index (χ0n) is 10.8. The third kappa shape index (κ3) is 3.71. The second-order valence-corrected chi connectivity index (χ2v) is 6.24. The fourth-order valence-electron chi connectivity index (χ4n) is 1.25. The summed E-state index contributed by atoms with van der Waals surface area (Å²) in [5.41, 5.74) is -0.754. The highest BCUT2D eigenvalue weighted by atomic mass is 32.2. The summed E-state index contributed by atoms with van der Waals surface area (Å²) in [5.74, 6) is -1.11. The standard InChI is InChI=1S/C11H15FN2O4S/c1-7(2)8(3)13-19(17,18)9-4-5-11(14(15)16)10(12)6-9/h4-8,13H,1-3H3. The van der Waals surface area contributed by atoms with Crippen LogP contribution < -0.4 is 4.72 Å². The van der Waals surface area contributed by atoms with E-state index in [0.717, 1.165) is 12.1 Å². The first kappa shape index (κ1) is 15.5. The highest BCUT2D eigenvalue weighted by Crippen LogP contribution is 2.21. The Hall–Kier alpha value is -1.54. The van der Waals surface area contributed by atoms with Gasteiger partial charge >= 0.3 is 5.69 Å². The average Bonchev–Trinajstić information content (AvgIpc) is 2.27. The third-order valence-corrected chi connectivity index (χ3v) is 4.32. The van der Waals surface area contributed by atoms with Crippen LogP contribution in [-0.4, -0.2) is 19.4 Å². The first-order chi connectivity index (χ1) is 8.65. The number of halogens is 1. The minimum atomic E-state index is -3.88. The molecule has 1 aromatic carbocycles. The lowest BCUT2D eigenvalue weighted by atomic mass is 10.1. The number of benzene rings is 1. The molecule has 0 aliphatic carbocycles. The second kappa shape index (κ2) is 5.62. The molecule has 0 saturated carbocycles. The predicted octanol–water partition coefficient (Wildman–Crippen LogP) is 2.06. The zero-order chi connectivity index (χ0) is 14.8. The summed E-state index contributed by atoms with van der Waals surface area (Å²) in [6, 6.07) is 2.16. The van der Waals surface area contributed by atoms with Crippen LogP contribution >= 0.6 is 0 Å². The lowest BCUT2D eigenvalue weighted by molar-refractivity contribution is -0.387. The van der Waals surface area contributed by atoms with Crippen LogP contribution in [0.4, 0.5) is 10.1 Å². The number of nitro groups is 1. The van der Waals surface area contributed by atoms with Crippen molar-refractivity contribution in [2.45, 2.75) is 31.7 Å². The molecule has 0 amide bonds. The van der Waals surface area contributed by atoms with Gasteiger partial charge in [0.2, 0.25) is 15.8 Å². The molecule has 1 N–H and O–H groups in total. The van der Waals surface area contributed by atoms with Crippen LogP contribution in [0.1, 0.15) is 20.8 Å². The van der Waals surface area contributed by atoms with Crippen molar-refractivity contribution in [3.05, 3.63) is 34.1 Å². The Morgan fingerprint density at radius 1 is 1.32 bits per heavy atom. The first-order valence-electron chi connectivity index (χ1n) is 5.61. The van der Waals surface area contributed by atoms with Crippen LogP contribution in [0.3, 0.4) is 0 Å². The van der Waals surface area contributed by atoms with Crippen molar-refractivity contribution in [2.75, 3.05) is 0 Å². The maximum absolute atomic E-state index is 13.4. The molecule has 6 nitrogen and oxygen atoms in total. The summed E-state index contributed by atoms with van der Waals surface area (Å²) < 4.78 is 39.6. The molecule has 0 fully saturated rings. The number of rotatable bonds is 5. The minimum absolute atomic E-state index is 0.0673. The van der Waals surface area contributed by atoms with Crippen LogP contribution in [0, 0.1) is 21.8 Å². The summed E-state index contributed by atoms with van der Waals surface area (Å²) in [6.07, 6.45) is 0. The molecule has 0 heterocycles. The quantitative estimate of drug-likeness (QED) is 0.664. The van der Waals surface area contributed by atoms with E-state index in [9.17, 15) is 22.9 Å². The van der Waals surface area contributed by atoms with Crippen molar-refractivity contribution in [3.63, 3.8) is 0 Å². The Morgan fingerprint density at radius 3 is 2.32 bits per heavy atom. The predicted molar refractivity (Wildman–Crippen MR) is 67.7 cm³/mol. The Morgan fingerprint density at radius 2 is 1.89 bits per heavy atom. The van der Waals surface area contributed by atoms with Gasteiger partial charge in [-0.15, -0.1) is 0 Å². The van der Waals surface area contributed by atoms with Gasteiger partial charge in [-0.2, -0.15) is 4.39 Å². The monoisotopic (exact) mass is 290 g/mol. The number of hydrogen-bond donors (Lipinski definition) is 1. The Balaban J connectivity index is 3.10. The Kier molecular flexibility index (Phi) is 4.59. The van der Waals surface area contributed by atoms with Crippen LogP contribution in [0.15, 0.2) is 23.1 Å². The van der Waals surface area contributed by atoms with E-state index in [2.05, 4.69) is 4.72 Å². The van der Waals surface area contributed by atoms with Gasteiger partial charge in [-0.3, -0.25) is 10.1 Å². The van der Waals surface area contributed by atoms with Crippen LogP contribution in [0.5, 0.6) is 0 Å². The SMILES string of the molecule is CC(C)C(C)NS(=O)(=O)c1ccc([N+](=O)[O-])c(F)c1.